The summed E-state index contributed by atoms with van der Waals surface area (Å²) >= 11 is 0. The second kappa shape index (κ2) is 62.2. The van der Waals surface area contributed by atoms with Crippen LogP contribution in [0.25, 0.3) is 0 Å². The van der Waals surface area contributed by atoms with Crippen molar-refractivity contribution in [1.29, 1.82) is 0 Å². The van der Waals surface area contributed by atoms with E-state index in [0.717, 1.165) is 51.4 Å². The fraction of sp³-hybridized carbons (Fsp3) is 0.877. The molecule has 1 amide bonds. The van der Waals surface area contributed by atoms with Crippen molar-refractivity contribution >= 4 is 5.91 Å². The molecule has 1 fully saturated rings. The predicted octanol–water partition coefficient (Wildman–Crippen LogP) is 19.6. The average molecular weight is 1160 g/mol. The molecule has 7 atom stereocenters. The molecule has 1 saturated heterocycles. The molecule has 9 nitrogen and oxygen atoms in total. The topological polar surface area (TPSA) is 149 Å². The van der Waals surface area contributed by atoms with E-state index in [1.54, 1.807) is 6.08 Å². The maximum atomic E-state index is 13.1. The van der Waals surface area contributed by atoms with Crippen molar-refractivity contribution in [2.75, 3.05) is 13.2 Å². The summed E-state index contributed by atoms with van der Waals surface area (Å²) in [6.07, 6.45) is 78.0. The van der Waals surface area contributed by atoms with E-state index in [1.807, 2.05) is 6.08 Å². The number of carbonyl (C=O) groups excluding carboxylic acids is 1. The Morgan fingerprint density at radius 1 is 0.415 bits per heavy atom. The van der Waals surface area contributed by atoms with E-state index in [9.17, 15) is 30.3 Å². The van der Waals surface area contributed by atoms with Crippen LogP contribution in [0.4, 0.5) is 0 Å². The Labute approximate surface area is 507 Å². The zero-order valence-corrected chi connectivity index (χ0v) is 54.0. The van der Waals surface area contributed by atoms with Crippen molar-refractivity contribution in [1.82, 2.24) is 5.32 Å². The summed E-state index contributed by atoms with van der Waals surface area (Å²) in [5, 5.41) is 54.7. The number of ether oxygens (including phenoxy) is 2. The number of hydrogen-bond donors (Lipinski definition) is 6. The second-order valence-electron chi connectivity index (χ2n) is 25.0. The van der Waals surface area contributed by atoms with E-state index in [-0.39, 0.29) is 12.5 Å². The van der Waals surface area contributed by atoms with Gasteiger partial charge in [-0.25, -0.2) is 0 Å². The van der Waals surface area contributed by atoms with Crippen molar-refractivity contribution in [3.8, 4) is 0 Å². The molecule has 0 radical (unpaired) electrons. The van der Waals surface area contributed by atoms with Crippen molar-refractivity contribution in [3.63, 3.8) is 0 Å². The molecule has 82 heavy (non-hydrogen) atoms. The van der Waals surface area contributed by atoms with Crippen LogP contribution in [0.3, 0.4) is 0 Å². The Morgan fingerprint density at radius 3 is 1.06 bits per heavy atom. The summed E-state index contributed by atoms with van der Waals surface area (Å²) in [6.45, 7) is 3.81. The van der Waals surface area contributed by atoms with Gasteiger partial charge >= 0.3 is 0 Å². The van der Waals surface area contributed by atoms with E-state index in [0.29, 0.717) is 6.42 Å². The SMILES string of the molecule is CCCCCCC/C=C\C/C=C\C/C=C\CCCCCCCCCCCCCCCCCCCCCCCCCCC(=O)NC(COC1OC(CO)C(O)C(O)C1O)C(O)/C=C/CCCCCCCCCCCCCCCCCCCC. The van der Waals surface area contributed by atoms with Crippen LogP contribution in [0, 0.1) is 0 Å². The van der Waals surface area contributed by atoms with Crippen LogP contribution in [0.15, 0.2) is 48.6 Å². The summed E-state index contributed by atoms with van der Waals surface area (Å²) in [6, 6.07) is -0.804. The van der Waals surface area contributed by atoms with E-state index in [2.05, 4.69) is 55.6 Å². The minimum atomic E-state index is -1.57. The summed E-state index contributed by atoms with van der Waals surface area (Å²) in [4.78, 5) is 13.1. The van der Waals surface area contributed by atoms with Crippen LogP contribution in [-0.2, 0) is 14.3 Å². The molecule has 0 saturated carbocycles. The Kier molecular flexibility index (Phi) is 59.3. The van der Waals surface area contributed by atoms with Crippen molar-refractivity contribution < 1.29 is 39.8 Å². The number of hydrogen-bond acceptors (Lipinski definition) is 8. The molecule has 1 aliphatic rings. The normalized spacial score (nSPS) is 18.5. The zero-order valence-electron chi connectivity index (χ0n) is 54.0. The van der Waals surface area contributed by atoms with Gasteiger partial charge in [-0.15, -0.1) is 0 Å². The number of amides is 1. The van der Waals surface area contributed by atoms with Gasteiger partial charge in [-0.2, -0.15) is 0 Å². The molecule has 7 unspecified atom stereocenters. The lowest BCUT2D eigenvalue weighted by Crippen LogP contribution is -2.60. The van der Waals surface area contributed by atoms with Crippen molar-refractivity contribution in [3.05, 3.63) is 48.6 Å². The van der Waals surface area contributed by atoms with Crippen LogP contribution >= 0.6 is 0 Å². The molecule has 9 heteroatoms. The third kappa shape index (κ3) is 50.3. The minimum Gasteiger partial charge on any atom is -0.394 e. The van der Waals surface area contributed by atoms with Crippen molar-refractivity contribution in [2.45, 2.75) is 397 Å². The van der Waals surface area contributed by atoms with Crippen LogP contribution < -0.4 is 5.32 Å². The molecular weight excluding hydrogens is 1020 g/mol. The Bertz CT molecular complexity index is 1430. The fourth-order valence-electron chi connectivity index (χ4n) is 11.5. The lowest BCUT2D eigenvalue weighted by molar-refractivity contribution is -0.302. The van der Waals surface area contributed by atoms with Crippen molar-refractivity contribution in [2.24, 2.45) is 0 Å². The zero-order chi connectivity index (χ0) is 59.3. The van der Waals surface area contributed by atoms with Gasteiger partial charge in [0.05, 0.1) is 25.4 Å². The Morgan fingerprint density at radius 2 is 0.720 bits per heavy atom. The van der Waals surface area contributed by atoms with E-state index in [1.165, 1.54) is 283 Å². The van der Waals surface area contributed by atoms with Gasteiger partial charge < -0.3 is 40.3 Å². The molecule has 0 bridgehead atoms. The number of nitrogens with one attached hydrogen (secondary N) is 1. The van der Waals surface area contributed by atoms with Gasteiger partial charge in [0, 0.05) is 6.42 Å². The first-order valence-corrected chi connectivity index (χ1v) is 35.9. The van der Waals surface area contributed by atoms with Crippen LogP contribution in [0.2, 0.25) is 0 Å². The van der Waals surface area contributed by atoms with E-state index < -0.39 is 49.5 Å². The average Bonchev–Trinajstić information content (AvgIpc) is 3.52. The highest BCUT2D eigenvalue weighted by Gasteiger charge is 2.44. The number of carbonyl (C=O) groups is 1. The highest BCUT2D eigenvalue weighted by atomic mass is 16.7. The fourth-order valence-corrected chi connectivity index (χ4v) is 11.5. The first kappa shape index (κ1) is 78.2. The monoisotopic (exact) mass is 1160 g/mol. The Hall–Kier alpha value is -1.85. The van der Waals surface area contributed by atoms with Crippen LogP contribution in [0.1, 0.15) is 354 Å². The van der Waals surface area contributed by atoms with Gasteiger partial charge in [-0.1, -0.05) is 339 Å². The molecule has 1 aliphatic heterocycles. The molecule has 0 aliphatic carbocycles. The standard InChI is InChI=1S/C73H137NO8/c1-3-5-7-9-11-13-15-17-19-21-23-25-26-27-28-29-30-31-32-33-34-35-36-37-38-39-40-41-42-43-45-47-49-51-53-55-57-59-61-63-69(77)74-66(65-81-73-72(80)71(79)70(78)68(64-75)82-73)67(76)62-60-58-56-54-52-50-48-46-44-24-22-20-18-16-14-12-10-8-6-4-2/h15,17,21,23,26-27,60,62,66-68,70-73,75-76,78-80H,3-14,16,18-20,22,24-25,28-59,61,63-65H2,1-2H3,(H,74,77)/b17-15-,23-21-,27-26-,62-60+. The van der Waals surface area contributed by atoms with E-state index >= 15 is 0 Å². The van der Waals surface area contributed by atoms with Gasteiger partial charge in [0.2, 0.25) is 5.91 Å². The second-order valence-corrected chi connectivity index (χ2v) is 25.0. The van der Waals surface area contributed by atoms with Gasteiger partial charge in [0.1, 0.15) is 24.4 Å². The number of aliphatic hydroxyl groups excluding tert-OH is 5. The van der Waals surface area contributed by atoms with Gasteiger partial charge in [0.25, 0.3) is 0 Å². The van der Waals surface area contributed by atoms with Gasteiger partial charge in [-0.3, -0.25) is 4.79 Å². The maximum Gasteiger partial charge on any atom is 0.220 e. The third-order valence-corrected chi connectivity index (χ3v) is 17.1. The summed E-state index contributed by atoms with van der Waals surface area (Å²) < 4.78 is 11.3. The molecule has 0 aromatic carbocycles. The molecule has 0 aromatic heterocycles. The first-order valence-electron chi connectivity index (χ1n) is 35.9. The largest absolute Gasteiger partial charge is 0.394 e. The molecule has 0 spiro atoms. The molecule has 6 N–H and O–H groups in total. The highest BCUT2D eigenvalue weighted by Crippen LogP contribution is 2.23. The molecule has 1 rings (SSSR count). The summed E-state index contributed by atoms with van der Waals surface area (Å²) in [7, 11) is 0. The quantitative estimate of drug-likeness (QED) is 0.0261. The molecular formula is C73H137NO8. The maximum absolute atomic E-state index is 13.1. The Balaban J connectivity index is 2.06. The molecule has 1 heterocycles. The van der Waals surface area contributed by atoms with Gasteiger partial charge in [-0.05, 0) is 57.8 Å². The molecule has 482 valence electrons. The summed E-state index contributed by atoms with van der Waals surface area (Å²) in [5.41, 5.74) is 0. The van der Waals surface area contributed by atoms with Crippen LogP contribution in [-0.4, -0.2) is 87.5 Å². The lowest BCUT2D eigenvalue weighted by atomic mass is 9.99. The molecule has 0 aromatic rings. The predicted molar refractivity (Wildman–Crippen MR) is 350 cm³/mol. The minimum absolute atomic E-state index is 0.170. The lowest BCUT2D eigenvalue weighted by Gasteiger charge is -2.40. The number of allylic oxidation sites excluding steroid dienone is 7. The smallest absolute Gasteiger partial charge is 0.220 e. The number of aliphatic hydroxyl groups is 5. The number of unbranched alkanes of at least 4 members (excludes halogenated alkanes) is 47. The van der Waals surface area contributed by atoms with Crippen LogP contribution in [0.5, 0.6) is 0 Å². The third-order valence-electron chi connectivity index (χ3n) is 17.1. The summed E-state index contributed by atoms with van der Waals surface area (Å²) in [5.74, 6) is -0.170. The highest BCUT2D eigenvalue weighted by molar-refractivity contribution is 5.76. The van der Waals surface area contributed by atoms with Gasteiger partial charge in [0.15, 0.2) is 6.29 Å². The van der Waals surface area contributed by atoms with E-state index in [4.69, 9.17) is 9.47 Å². The first-order chi connectivity index (χ1) is 40.3. The number of rotatable bonds is 63.